The summed E-state index contributed by atoms with van der Waals surface area (Å²) in [5, 5.41) is 20.7. The van der Waals surface area contributed by atoms with Crippen LogP contribution in [0.5, 0.6) is 5.75 Å². The minimum atomic E-state index is -0.608. The summed E-state index contributed by atoms with van der Waals surface area (Å²) in [6.07, 6.45) is 0.785. The number of hydrogen-bond donors (Lipinski definition) is 1. The number of hydrogen-bond acceptors (Lipinski definition) is 5. The molecule has 26 heavy (non-hydrogen) atoms. The third-order valence-corrected chi connectivity index (χ3v) is 4.45. The van der Waals surface area contributed by atoms with Crippen molar-refractivity contribution >= 4 is 11.6 Å². The molecule has 1 heterocycles. The fourth-order valence-corrected chi connectivity index (χ4v) is 3.10. The van der Waals surface area contributed by atoms with Gasteiger partial charge in [-0.2, -0.15) is 0 Å². The highest BCUT2D eigenvalue weighted by atomic mass is 16.6. The zero-order chi connectivity index (χ0) is 18.5. The van der Waals surface area contributed by atoms with Crippen LogP contribution in [0.3, 0.4) is 0 Å². The van der Waals surface area contributed by atoms with Crippen molar-refractivity contribution < 1.29 is 19.6 Å². The topological polar surface area (TPSA) is 92.9 Å². The molecule has 1 saturated heterocycles. The molecule has 1 fully saturated rings. The Morgan fingerprint density at radius 3 is 2.77 bits per heavy atom. The predicted molar refractivity (Wildman–Crippen MR) is 94.9 cm³/mol. The van der Waals surface area contributed by atoms with Crippen LogP contribution in [-0.2, 0) is 11.3 Å². The number of phenolic OH excluding ortho intramolecular Hbond substituents is 1. The zero-order valence-corrected chi connectivity index (χ0v) is 14.2. The van der Waals surface area contributed by atoms with Gasteiger partial charge in [-0.25, -0.2) is 0 Å². The van der Waals surface area contributed by atoms with Crippen LogP contribution in [0, 0.1) is 16.0 Å². The Hall–Kier alpha value is -2.93. The molecular formula is C19H20N2O5. The third kappa shape index (κ3) is 4.18. The van der Waals surface area contributed by atoms with E-state index in [0.717, 1.165) is 24.1 Å². The standard InChI is InChI=1S/C19H20N2O5/c22-16-6-7-18(21(24)25)17(10-16)19(23)20-9-8-15(11-20)13-26-12-14-4-2-1-3-5-14/h1-7,10,15,22H,8-9,11-13H2/t15-/m1/s1. The lowest BCUT2D eigenvalue weighted by molar-refractivity contribution is -0.385. The third-order valence-electron chi connectivity index (χ3n) is 4.45. The van der Waals surface area contributed by atoms with Crippen LogP contribution in [0.1, 0.15) is 22.3 Å². The van der Waals surface area contributed by atoms with Gasteiger partial charge in [-0.3, -0.25) is 14.9 Å². The summed E-state index contributed by atoms with van der Waals surface area (Å²) in [6.45, 7) is 2.05. The van der Waals surface area contributed by atoms with Gasteiger partial charge in [-0.1, -0.05) is 30.3 Å². The minimum absolute atomic E-state index is 0.0825. The molecule has 0 aliphatic carbocycles. The fourth-order valence-electron chi connectivity index (χ4n) is 3.10. The van der Waals surface area contributed by atoms with E-state index in [1.54, 1.807) is 4.90 Å². The van der Waals surface area contributed by atoms with E-state index in [9.17, 15) is 20.0 Å². The van der Waals surface area contributed by atoms with Crippen molar-refractivity contribution in [2.24, 2.45) is 5.92 Å². The van der Waals surface area contributed by atoms with E-state index in [1.807, 2.05) is 30.3 Å². The molecule has 1 atom stereocenters. The predicted octanol–water partition coefficient (Wildman–Crippen LogP) is 2.98. The Labute approximate surface area is 151 Å². The number of carbonyl (C=O) groups excluding carboxylic acids is 1. The average Bonchev–Trinajstić information content (AvgIpc) is 3.10. The first kappa shape index (κ1) is 17.9. The Kier molecular flexibility index (Phi) is 5.48. The second-order valence-corrected chi connectivity index (χ2v) is 6.37. The highest BCUT2D eigenvalue weighted by molar-refractivity contribution is 5.98. The molecule has 1 aliphatic heterocycles. The number of rotatable bonds is 6. The Bertz CT molecular complexity index is 794. The normalized spacial score (nSPS) is 16.6. The van der Waals surface area contributed by atoms with Crippen LogP contribution in [-0.4, -0.2) is 40.5 Å². The fraction of sp³-hybridized carbons (Fsp3) is 0.316. The lowest BCUT2D eigenvalue weighted by Crippen LogP contribution is -2.29. The molecule has 1 N–H and O–H groups in total. The molecule has 3 rings (SSSR count). The maximum Gasteiger partial charge on any atom is 0.282 e. The first-order valence-electron chi connectivity index (χ1n) is 8.43. The highest BCUT2D eigenvalue weighted by Crippen LogP contribution is 2.27. The smallest absolute Gasteiger partial charge is 0.282 e. The summed E-state index contributed by atoms with van der Waals surface area (Å²) in [4.78, 5) is 24.7. The second-order valence-electron chi connectivity index (χ2n) is 6.37. The van der Waals surface area contributed by atoms with Crippen LogP contribution in [0.15, 0.2) is 48.5 Å². The average molecular weight is 356 g/mol. The monoisotopic (exact) mass is 356 g/mol. The summed E-state index contributed by atoms with van der Waals surface area (Å²) in [6, 6.07) is 13.4. The minimum Gasteiger partial charge on any atom is -0.508 e. The number of carbonyl (C=O) groups is 1. The van der Waals surface area contributed by atoms with Crippen LogP contribution in [0.4, 0.5) is 5.69 Å². The molecule has 0 unspecified atom stereocenters. The zero-order valence-electron chi connectivity index (χ0n) is 14.2. The van der Waals surface area contributed by atoms with Gasteiger partial charge in [0.15, 0.2) is 0 Å². The van der Waals surface area contributed by atoms with Gasteiger partial charge < -0.3 is 14.7 Å². The summed E-state index contributed by atoms with van der Waals surface area (Å²) in [7, 11) is 0. The van der Waals surface area contributed by atoms with E-state index < -0.39 is 10.8 Å². The van der Waals surface area contributed by atoms with Crippen molar-refractivity contribution in [1.29, 1.82) is 0 Å². The maximum absolute atomic E-state index is 12.6. The number of ether oxygens (including phenoxy) is 1. The quantitative estimate of drug-likeness (QED) is 0.634. The molecule has 0 bridgehead atoms. The first-order valence-corrected chi connectivity index (χ1v) is 8.43. The van der Waals surface area contributed by atoms with Gasteiger partial charge in [0.2, 0.25) is 0 Å². The van der Waals surface area contributed by atoms with Gasteiger partial charge in [-0.15, -0.1) is 0 Å². The van der Waals surface area contributed by atoms with Crippen molar-refractivity contribution in [3.63, 3.8) is 0 Å². The number of benzene rings is 2. The first-order chi connectivity index (χ1) is 12.5. The van der Waals surface area contributed by atoms with E-state index in [0.29, 0.717) is 26.3 Å². The summed E-state index contributed by atoms with van der Waals surface area (Å²) >= 11 is 0. The van der Waals surface area contributed by atoms with Crippen LogP contribution in [0.25, 0.3) is 0 Å². The Balaban J connectivity index is 1.57. The second kappa shape index (κ2) is 7.97. The van der Waals surface area contributed by atoms with Crippen LogP contribution < -0.4 is 0 Å². The number of nitro benzene ring substituents is 1. The van der Waals surface area contributed by atoms with E-state index in [4.69, 9.17) is 4.74 Å². The summed E-state index contributed by atoms with van der Waals surface area (Å²) in [5.74, 6) is -0.405. The lowest BCUT2D eigenvalue weighted by Gasteiger charge is -2.17. The van der Waals surface area contributed by atoms with Crippen molar-refractivity contribution in [3.8, 4) is 5.75 Å². The van der Waals surface area contributed by atoms with Crippen molar-refractivity contribution in [2.45, 2.75) is 13.0 Å². The van der Waals surface area contributed by atoms with Gasteiger partial charge in [0.25, 0.3) is 11.6 Å². The molecular weight excluding hydrogens is 336 g/mol. The van der Waals surface area contributed by atoms with E-state index in [2.05, 4.69) is 0 Å². The Morgan fingerprint density at radius 1 is 1.27 bits per heavy atom. The molecule has 0 spiro atoms. The molecule has 7 heteroatoms. The van der Waals surface area contributed by atoms with Crippen LogP contribution in [0.2, 0.25) is 0 Å². The van der Waals surface area contributed by atoms with Crippen molar-refractivity contribution in [1.82, 2.24) is 4.90 Å². The van der Waals surface area contributed by atoms with Gasteiger partial charge >= 0.3 is 0 Å². The summed E-state index contributed by atoms with van der Waals surface area (Å²) in [5.41, 5.74) is 0.714. The maximum atomic E-state index is 12.6. The van der Waals surface area contributed by atoms with Crippen molar-refractivity contribution in [2.75, 3.05) is 19.7 Å². The molecule has 136 valence electrons. The SMILES string of the molecule is O=C(c1cc(O)ccc1[N+](=O)[O-])N1CC[C@@H](COCc2ccccc2)C1. The van der Waals surface area contributed by atoms with Crippen LogP contribution >= 0.6 is 0 Å². The van der Waals surface area contributed by atoms with E-state index >= 15 is 0 Å². The van der Waals surface area contributed by atoms with E-state index in [-0.39, 0.29) is 22.9 Å². The van der Waals surface area contributed by atoms with Gasteiger partial charge in [0, 0.05) is 25.1 Å². The molecule has 1 amide bonds. The molecule has 0 aromatic heterocycles. The molecule has 2 aromatic carbocycles. The van der Waals surface area contributed by atoms with Gasteiger partial charge in [0.05, 0.1) is 18.1 Å². The van der Waals surface area contributed by atoms with Gasteiger partial charge in [-0.05, 0) is 24.1 Å². The molecule has 2 aromatic rings. The molecule has 0 saturated carbocycles. The number of amides is 1. The molecule has 7 nitrogen and oxygen atoms in total. The lowest BCUT2D eigenvalue weighted by atomic mass is 10.1. The van der Waals surface area contributed by atoms with Gasteiger partial charge in [0.1, 0.15) is 11.3 Å². The number of nitrogens with zero attached hydrogens (tertiary/aromatic N) is 2. The molecule has 1 aliphatic rings. The number of likely N-dealkylation sites (tertiary alicyclic amines) is 1. The van der Waals surface area contributed by atoms with E-state index in [1.165, 1.54) is 6.07 Å². The summed E-state index contributed by atoms with van der Waals surface area (Å²) < 4.78 is 5.73. The Morgan fingerprint density at radius 2 is 2.04 bits per heavy atom. The van der Waals surface area contributed by atoms with Crippen molar-refractivity contribution in [3.05, 3.63) is 69.8 Å². The molecule has 0 radical (unpaired) electrons. The number of aromatic hydroxyl groups is 1. The number of phenols is 1. The largest absolute Gasteiger partial charge is 0.508 e. The number of nitro groups is 1. The highest BCUT2D eigenvalue weighted by Gasteiger charge is 2.31.